The number of benzene rings is 2. The van der Waals surface area contributed by atoms with Crippen LogP contribution < -0.4 is 15.6 Å². The molecule has 0 aliphatic heterocycles. The van der Waals surface area contributed by atoms with Crippen molar-refractivity contribution in [2.45, 2.75) is 34.2 Å². The van der Waals surface area contributed by atoms with Crippen LogP contribution in [0, 0.1) is 5.92 Å². The third kappa shape index (κ3) is 6.46. The third-order valence-electron chi connectivity index (χ3n) is 6.29. The van der Waals surface area contributed by atoms with E-state index >= 15 is 0 Å². The first-order chi connectivity index (χ1) is 18.3. The fraction of sp³-hybridized carbons (Fsp3) is 0.345. The summed E-state index contributed by atoms with van der Waals surface area (Å²) in [4.78, 5) is 25.2. The van der Waals surface area contributed by atoms with Crippen LogP contribution in [0.3, 0.4) is 0 Å². The molecule has 7 nitrogen and oxygen atoms in total. The zero-order valence-electron chi connectivity index (χ0n) is 22.2. The molecule has 1 N–H and O–H groups in total. The molecule has 0 fully saturated rings. The minimum Gasteiger partial charge on any atom is -0.492 e. The molecule has 9 heteroatoms. The highest BCUT2D eigenvalue weighted by Crippen LogP contribution is 2.34. The second-order valence-corrected chi connectivity index (χ2v) is 10.3. The van der Waals surface area contributed by atoms with Gasteiger partial charge >= 0.3 is 0 Å². The maximum atomic E-state index is 13.6. The molecule has 2 aromatic heterocycles. The largest absolute Gasteiger partial charge is 0.492 e. The lowest BCUT2D eigenvalue weighted by Crippen LogP contribution is -2.27. The molecule has 2 aromatic carbocycles. The Bertz CT molecular complexity index is 1430. The quantitative estimate of drug-likeness (QED) is 0.218. The Morgan fingerprint density at radius 2 is 1.74 bits per heavy atom. The number of likely N-dealkylation sites (N-methyl/N-ethyl adjacent to an activating group) is 1. The van der Waals surface area contributed by atoms with Crippen molar-refractivity contribution < 1.29 is 4.74 Å². The van der Waals surface area contributed by atoms with E-state index in [-0.39, 0.29) is 11.5 Å². The van der Waals surface area contributed by atoms with E-state index in [1.54, 1.807) is 35.0 Å². The van der Waals surface area contributed by atoms with E-state index in [1.165, 1.54) is 0 Å². The van der Waals surface area contributed by atoms with Gasteiger partial charge in [0.15, 0.2) is 0 Å². The fourth-order valence-electron chi connectivity index (χ4n) is 4.28. The SMILES string of the molecule is CCN(CC)CCOc1ccc(Nc2ncc3cc(-c4c(Cl)cccc4Cl)c(=O)n(CC(C)C)c3n2)cc1. The van der Waals surface area contributed by atoms with Crippen LogP contribution in [0.4, 0.5) is 11.6 Å². The lowest BCUT2D eigenvalue weighted by molar-refractivity contribution is 0.223. The summed E-state index contributed by atoms with van der Waals surface area (Å²) in [5, 5.41) is 4.80. The van der Waals surface area contributed by atoms with Crippen LogP contribution in [0.1, 0.15) is 27.7 Å². The van der Waals surface area contributed by atoms with Crippen LogP contribution in [-0.2, 0) is 6.54 Å². The highest BCUT2D eigenvalue weighted by atomic mass is 35.5. The van der Waals surface area contributed by atoms with Gasteiger partial charge in [-0.15, -0.1) is 0 Å². The zero-order chi connectivity index (χ0) is 27.2. The molecule has 0 unspecified atom stereocenters. The summed E-state index contributed by atoms with van der Waals surface area (Å²) in [5.74, 6) is 1.42. The van der Waals surface area contributed by atoms with Gasteiger partial charge in [0, 0.05) is 35.9 Å². The summed E-state index contributed by atoms with van der Waals surface area (Å²) in [5.41, 5.74) is 2.11. The number of halogens is 2. The van der Waals surface area contributed by atoms with Gasteiger partial charge in [-0.2, -0.15) is 4.98 Å². The smallest absolute Gasteiger partial charge is 0.260 e. The van der Waals surface area contributed by atoms with Gasteiger partial charge in [0.25, 0.3) is 5.56 Å². The van der Waals surface area contributed by atoms with E-state index in [9.17, 15) is 4.79 Å². The number of pyridine rings is 1. The van der Waals surface area contributed by atoms with Crippen LogP contribution in [0.2, 0.25) is 10.0 Å². The molecule has 200 valence electrons. The fourth-order valence-corrected chi connectivity index (χ4v) is 4.89. The second kappa shape index (κ2) is 12.6. The first-order valence-electron chi connectivity index (χ1n) is 12.9. The normalized spacial score (nSPS) is 11.5. The molecule has 2 heterocycles. The monoisotopic (exact) mass is 553 g/mol. The average molecular weight is 555 g/mol. The van der Waals surface area contributed by atoms with E-state index in [2.05, 4.69) is 42.9 Å². The molecule has 4 aromatic rings. The van der Waals surface area contributed by atoms with E-state index in [1.807, 2.05) is 24.3 Å². The first kappa shape index (κ1) is 27.9. The van der Waals surface area contributed by atoms with E-state index in [0.29, 0.717) is 45.9 Å². The first-order valence-corrected chi connectivity index (χ1v) is 13.6. The Morgan fingerprint density at radius 1 is 1.05 bits per heavy atom. The van der Waals surface area contributed by atoms with Crippen molar-refractivity contribution in [1.82, 2.24) is 19.4 Å². The molecule has 0 bridgehead atoms. The molecular formula is C29H33Cl2N5O2. The Kier molecular flexibility index (Phi) is 9.26. The third-order valence-corrected chi connectivity index (χ3v) is 6.92. The van der Waals surface area contributed by atoms with Gasteiger partial charge in [-0.1, -0.05) is 57.0 Å². The molecule has 0 amide bonds. The van der Waals surface area contributed by atoms with Crippen molar-refractivity contribution in [3.05, 3.63) is 75.1 Å². The Morgan fingerprint density at radius 3 is 2.37 bits per heavy atom. The van der Waals surface area contributed by atoms with E-state index < -0.39 is 0 Å². The molecule has 0 aliphatic carbocycles. The van der Waals surface area contributed by atoms with Gasteiger partial charge in [-0.3, -0.25) is 9.36 Å². The maximum absolute atomic E-state index is 13.6. The predicted molar refractivity (Wildman–Crippen MR) is 157 cm³/mol. The Labute approximate surface area is 233 Å². The summed E-state index contributed by atoms with van der Waals surface area (Å²) < 4.78 is 7.55. The number of nitrogens with zero attached hydrogens (tertiary/aromatic N) is 4. The molecule has 0 spiro atoms. The van der Waals surface area contributed by atoms with Crippen molar-refractivity contribution in [3.63, 3.8) is 0 Å². The van der Waals surface area contributed by atoms with Crippen LogP contribution in [0.25, 0.3) is 22.2 Å². The van der Waals surface area contributed by atoms with Crippen molar-refractivity contribution >= 4 is 45.9 Å². The Hall–Kier alpha value is -3.13. The molecular weight excluding hydrogens is 521 g/mol. The Balaban J connectivity index is 1.62. The lowest BCUT2D eigenvalue weighted by atomic mass is 10.1. The molecule has 0 aliphatic rings. The maximum Gasteiger partial charge on any atom is 0.260 e. The molecule has 0 radical (unpaired) electrons. The summed E-state index contributed by atoms with van der Waals surface area (Å²) in [6, 6.07) is 14.6. The minimum atomic E-state index is -0.197. The van der Waals surface area contributed by atoms with Crippen molar-refractivity contribution in [2.75, 3.05) is 31.6 Å². The van der Waals surface area contributed by atoms with E-state index in [0.717, 1.165) is 36.5 Å². The number of ether oxygens (including phenoxy) is 1. The number of aromatic nitrogens is 3. The number of hydrogen-bond donors (Lipinski definition) is 1. The van der Waals surface area contributed by atoms with Crippen molar-refractivity contribution in [1.29, 1.82) is 0 Å². The summed E-state index contributed by atoms with van der Waals surface area (Å²) in [6.45, 7) is 12.4. The summed E-state index contributed by atoms with van der Waals surface area (Å²) >= 11 is 12.9. The van der Waals surface area contributed by atoms with Crippen LogP contribution in [-0.4, -0.2) is 45.7 Å². The highest BCUT2D eigenvalue weighted by molar-refractivity contribution is 6.39. The number of hydrogen-bond acceptors (Lipinski definition) is 6. The topological polar surface area (TPSA) is 72.3 Å². The average Bonchev–Trinajstić information content (AvgIpc) is 2.90. The molecule has 0 atom stereocenters. The van der Waals surface area contributed by atoms with Crippen molar-refractivity contribution in [2.24, 2.45) is 5.92 Å². The van der Waals surface area contributed by atoms with Gasteiger partial charge in [-0.05, 0) is 61.5 Å². The number of anilines is 2. The van der Waals surface area contributed by atoms with Crippen LogP contribution in [0.5, 0.6) is 5.75 Å². The zero-order valence-corrected chi connectivity index (χ0v) is 23.7. The molecule has 38 heavy (non-hydrogen) atoms. The van der Waals surface area contributed by atoms with Gasteiger partial charge < -0.3 is 15.0 Å². The second-order valence-electron chi connectivity index (χ2n) is 9.46. The van der Waals surface area contributed by atoms with Gasteiger partial charge in [0.1, 0.15) is 18.0 Å². The molecule has 0 saturated carbocycles. The summed E-state index contributed by atoms with van der Waals surface area (Å²) in [7, 11) is 0. The summed E-state index contributed by atoms with van der Waals surface area (Å²) in [6.07, 6.45) is 1.71. The standard InChI is InChI=1S/C29H33Cl2N5O2/c1-5-35(6-2)14-15-38-22-12-10-21(11-13-22)33-29-32-17-20-16-23(26-24(30)8-7-9-25(26)31)28(37)36(18-19(3)4)27(20)34-29/h7-13,16-17,19H,5-6,14-15,18H2,1-4H3,(H,32,33,34). The van der Waals surface area contributed by atoms with Gasteiger partial charge in [0.05, 0.1) is 15.6 Å². The highest BCUT2D eigenvalue weighted by Gasteiger charge is 2.18. The molecule has 0 saturated heterocycles. The van der Waals surface area contributed by atoms with Gasteiger partial charge in [0.2, 0.25) is 5.95 Å². The van der Waals surface area contributed by atoms with Crippen molar-refractivity contribution in [3.8, 4) is 16.9 Å². The number of fused-ring (bicyclic) bond motifs is 1. The number of rotatable bonds is 11. The van der Waals surface area contributed by atoms with Crippen LogP contribution >= 0.6 is 23.2 Å². The van der Waals surface area contributed by atoms with Gasteiger partial charge in [-0.25, -0.2) is 4.98 Å². The molecule has 4 rings (SSSR count). The number of nitrogens with one attached hydrogen (secondary N) is 1. The van der Waals surface area contributed by atoms with E-state index in [4.69, 9.17) is 32.9 Å². The van der Waals surface area contributed by atoms with Crippen LogP contribution in [0.15, 0.2) is 59.5 Å². The predicted octanol–water partition coefficient (Wildman–Crippen LogP) is 6.89. The lowest BCUT2D eigenvalue weighted by Gasteiger charge is -2.18. The minimum absolute atomic E-state index is 0.197.